The first-order chi connectivity index (χ1) is 7.04. The summed E-state index contributed by atoms with van der Waals surface area (Å²) in [4.78, 5) is 3.68. The Balaban J connectivity index is 2.52. The van der Waals surface area contributed by atoms with E-state index in [0.29, 0.717) is 25.3 Å². The maximum absolute atomic E-state index is 12.6. The molecule has 1 aromatic heterocycles. The van der Waals surface area contributed by atoms with E-state index >= 15 is 0 Å². The lowest BCUT2D eigenvalue weighted by Gasteiger charge is -2.18. The van der Waals surface area contributed by atoms with E-state index in [9.17, 15) is 13.2 Å². The van der Waals surface area contributed by atoms with E-state index in [4.69, 9.17) is 0 Å². The van der Waals surface area contributed by atoms with Crippen molar-refractivity contribution in [3.05, 3.63) is 17.2 Å². The van der Waals surface area contributed by atoms with Gasteiger partial charge < -0.3 is 9.88 Å². The predicted molar refractivity (Wildman–Crippen MR) is 48.3 cm³/mol. The van der Waals surface area contributed by atoms with Crippen LogP contribution in [-0.4, -0.2) is 16.1 Å². The number of hydrogen-bond acceptors (Lipinski definition) is 2. The van der Waals surface area contributed by atoms with Crippen molar-refractivity contribution in [1.82, 2.24) is 14.9 Å². The van der Waals surface area contributed by atoms with E-state index in [-0.39, 0.29) is 12.2 Å². The van der Waals surface area contributed by atoms with Crippen molar-refractivity contribution in [2.45, 2.75) is 32.6 Å². The minimum atomic E-state index is -4.34. The van der Waals surface area contributed by atoms with Gasteiger partial charge in [0.15, 0.2) is 5.69 Å². The Morgan fingerprint density at radius 1 is 1.47 bits per heavy atom. The van der Waals surface area contributed by atoms with Crippen LogP contribution in [-0.2, 0) is 25.7 Å². The average Bonchev–Trinajstić information content (AvgIpc) is 2.55. The summed E-state index contributed by atoms with van der Waals surface area (Å²) >= 11 is 0. The Bertz CT molecular complexity index is 367. The number of nitrogens with one attached hydrogen (secondary N) is 1. The zero-order valence-corrected chi connectivity index (χ0v) is 8.36. The van der Waals surface area contributed by atoms with Crippen molar-refractivity contribution in [3.63, 3.8) is 0 Å². The van der Waals surface area contributed by atoms with E-state index in [1.165, 1.54) is 0 Å². The second-order valence-electron chi connectivity index (χ2n) is 3.50. The van der Waals surface area contributed by atoms with Gasteiger partial charge in [-0.3, -0.25) is 0 Å². The fourth-order valence-corrected chi connectivity index (χ4v) is 1.88. The molecular weight excluding hydrogens is 207 g/mol. The Hall–Kier alpha value is -1.04. The molecule has 0 saturated heterocycles. The van der Waals surface area contributed by atoms with E-state index < -0.39 is 11.9 Å². The van der Waals surface area contributed by atoms with Crippen LogP contribution < -0.4 is 5.32 Å². The molecule has 0 aromatic carbocycles. The topological polar surface area (TPSA) is 29.9 Å². The maximum atomic E-state index is 12.6. The first kappa shape index (κ1) is 10.5. The number of hydrogen-bond donors (Lipinski definition) is 1. The molecule has 1 N–H and O–H groups in total. The van der Waals surface area contributed by atoms with Gasteiger partial charge in [-0.25, -0.2) is 4.98 Å². The number of rotatable bonds is 1. The van der Waals surface area contributed by atoms with Gasteiger partial charge in [-0.15, -0.1) is 0 Å². The zero-order valence-electron chi connectivity index (χ0n) is 8.36. The predicted octanol–water partition coefficient (Wildman–Crippen LogP) is 1.57. The highest BCUT2D eigenvalue weighted by Gasteiger charge is 2.38. The molecule has 0 saturated carbocycles. The van der Waals surface area contributed by atoms with Crippen LogP contribution in [0, 0.1) is 0 Å². The number of alkyl halides is 3. The highest BCUT2D eigenvalue weighted by molar-refractivity contribution is 5.21. The molecule has 0 atom stereocenters. The van der Waals surface area contributed by atoms with Gasteiger partial charge in [0.1, 0.15) is 5.82 Å². The summed E-state index contributed by atoms with van der Waals surface area (Å²) in [6.07, 6.45) is -3.81. The molecule has 0 amide bonds. The summed E-state index contributed by atoms with van der Waals surface area (Å²) in [7, 11) is 0. The number of fused-ring (bicyclic) bond motifs is 1. The maximum Gasteiger partial charge on any atom is 0.435 e. The third-order valence-electron chi connectivity index (χ3n) is 2.54. The second-order valence-corrected chi connectivity index (χ2v) is 3.50. The minimum absolute atomic E-state index is 0.252. The summed E-state index contributed by atoms with van der Waals surface area (Å²) in [6.45, 7) is 3.34. The minimum Gasteiger partial charge on any atom is -0.329 e. The second kappa shape index (κ2) is 3.52. The zero-order chi connectivity index (χ0) is 11.1. The van der Waals surface area contributed by atoms with Crippen LogP contribution in [0.1, 0.15) is 24.1 Å². The molecule has 0 spiro atoms. The largest absolute Gasteiger partial charge is 0.435 e. The van der Waals surface area contributed by atoms with Crippen molar-refractivity contribution in [2.75, 3.05) is 6.54 Å². The Morgan fingerprint density at radius 3 is 2.80 bits per heavy atom. The van der Waals surface area contributed by atoms with Crippen LogP contribution in [0.15, 0.2) is 0 Å². The van der Waals surface area contributed by atoms with Gasteiger partial charge in [0, 0.05) is 26.1 Å². The summed E-state index contributed by atoms with van der Waals surface area (Å²) in [5.74, 6) is 0.527. The Morgan fingerprint density at radius 2 is 2.20 bits per heavy atom. The fraction of sp³-hybridized carbons (Fsp3) is 0.667. The van der Waals surface area contributed by atoms with E-state index in [1.807, 2.05) is 6.92 Å². The lowest BCUT2D eigenvalue weighted by Crippen LogP contribution is -2.30. The van der Waals surface area contributed by atoms with Crippen molar-refractivity contribution >= 4 is 0 Å². The first-order valence-corrected chi connectivity index (χ1v) is 4.90. The summed E-state index contributed by atoms with van der Waals surface area (Å²) in [5.41, 5.74) is -0.461. The van der Waals surface area contributed by atoms with Crippen molar-refractivity contribution in [2.24, 2.45) is 0 Å². The average molecular weight is 219 g/mol. The molecule has 6 heteroatoms. The van der Waals surface area contributed by atoms with Crippen LogP contribution >= 0.6 is 0 Å². The molecule has 2 heterocycles. The number of nitrogens with zero attached hydrogens (tertiary/aromatic N) is 2. The number of aromatic nitrogens is 2. The third-order valence-corrected chi connectivity index (χ3v) is 2.54. The molecule has 0 fully saturated rings. The summed E-state index contributed by atoms with van der Waals surface area (Å²) < 4.78 is 39.5. The van der Waals surface area contributed by atoms with Crippen LogP contribution in [0.25, 0.3) is 0 Å². The fourth-order valence-electron chi connectivity index (χ4n) is 1.88. The molecule has 0 unspecified atom stereocenters. The Labute approximate surface area is 85.3 Å². The van der Waals surface area contributed by atoms with Gasteiger partial charge in [0.2, 0.25) is 0 Å². The van der Waals surface area contributed by atoms with Crippen LogP contribution in [0.5, 0.6) is 0 Å². The number of imidazole rings is 1. The number of aryl methyl sites for hydroxylation is 1. The van der Waals surface area contributed by atoms with Gasteiger partial charge in [0.05, 0.1) is 5.69 Å². The highest BCUT2D eigenvalue weighted by atomic mass is 19.4. The van der Waals surface area contributed by atoms with Crippen molar-refractivity contribution < 1.29 is 13.2 Å². The third kappa shape index (κ3) is 1.73. The van der Waals surface area contributed by atoms with Gasteiger partial charge >= 0.3 is 6.18 Å². The van der Waals surface area contributed by atoms with E-state index in [1.54, 1.807) is 4.57 Å². The monoisotopic (exact) mass is 219 g/mol. The van der Waals surface area contributed by atoms with Crippen LogP contribution in [0.2, 0.25) is 0 Å². The molecule has 2 rings (SSSR count). The molecule has 1 aliphatic rings. The lowest BCUT2D eigenvalue weighted by molar-refractivity contribution is -0.141. The molecule has 0 aliphatic carbocycles. The van der Waals surface area contributed by atoms with Gasteiger partial charge in [-0.05, 0) is 0 Å². The molecule has 84 valence electrons. The molecule has 0 radical (unpaired) electrons. The molecule has 15 heavy (non-hydrogen) atoms. The quantitative estimate of drug-likeness (QED) is 0.777. The summed E-state index contributed by atoms with van der Waals surface area (Å²) in [5, 5.41) is 2.93. The lowest BCUT2D eigenvalue weighted by atomic mass is 10.2. The smallest absolute Gasteiger partial charge is 0.329 e. The van der Waals surface area contributed by atoms with Crippen molar-refractivity contribution in [1.29, 1.82) is 0 Å². The molecule has 0 bridgehead atoms. The summed E-state index contributed by atoms with van der Waals surface area (Å²) in [6, 6.07) is 0. The highest BCUT2D eigenvalue weighted by Crippen LogP contribution is 2.32. The van der Waals surface area contributed by atoms with Gasteiger partial charge in [-0.1, -0.05) is 6.92 Å². The molecule has 1 aliphatic heterocycles. The van der Waals surface area contributed by atoms with Crippen molar-refractivity contribution in [3.8, 4) is 0 Å². The standard InChI is InChI=1S/C9H12F3N3/c1-2-7-14-8(9(10,11)12)6-5-13-3-4-15(6)7/h13H,2-5H2,1H3. The van der Waals surface area contributed by atoms with E-state index in [0.717, 1.165) is 0 Å². The molecule has 3 nitrogen and oxygen atoms in total. The first-order valence-electron chi connectivity index (χ1n) is 4.90. The molecule has 1 aromatic rings. The van der Waals surface area contributed by atoms with Crippen LogP contribution in [0.3, 0.4) is 0 Å². The normalized spacial score (nSPS) is 16.5. The van der Waals surface area contributed by atoms with Crippen LogP contribution in [0.4, 0.5) is 13.2 Å². The SMILES string of the molecule is CCc1nc(C(F)(F)F)c2n1CCNC2. The van der Waals surface area contributed by atoms with Gasteiger partial charge in [-0.2, -0.15) is 13.2 Å². The van der Waals surface area contributed by atoms with E-state index in [2.05, 4.69) is 10.3 Å². The Kier molecular flexibility index (Phi) is 2.46. The number of halogens is 3. The van der Waals surface area contributed by atoms with Gasteiger partial charge in [0.25, 0.3) is 0 Å². The molecular formula is C9H12F3N3.